The van der Waals surface area contributed by atoms with E-state index >= 15 is 0 Å². The van der Waals surface area contributed by atoms with Crippen molar-refractivity contribution in [3.05, 3.63) is 0 Å². The van der Waals surface area contributed by atoms with Crippen LogP contribution in [0.1, 0.15) is 20.8 Å². The van der Waals surface area contributed by atoms with E-state index in [-0.39, 0.29) is 17.4 Å². The normalized spacial score (nSPS) is 11.9. The minimum Gasteiger partial charge on any atom is -0.246 e. The van der Waals surface area contributed by atoms with Crippen LogP contribution in [0.4, 0.5) is 0 Å². The van der Waals surface area contributed by atoms with Gasteiger partial charge in [-0.25, -0.2) is 8.93 Å². The van der Waals surface area contributed by atoms with Crippen molar-refractivity contribution in [2.24, 2.45) is 0 Å². The summed E-state index contributed by atoms with van der Waals surface area (Å²) >= 11 is 0.00887. The van der Waals surface area contributed by atoms with Crippen LogP contribution in [0.5, 0.6) is 0 Å². The smallest absolute Gasteiger partial charge is 0.0785 e. The molecule has 0 aromatic heterocycles. The maximum absolute atomic E-state index is 9.81. The molecule has 0 fully saturated rings. The van der Waals surface area contributed by atoms with Crippen LogP contribution in [0.2, 0.25) is 0 Å². The van der Waals surface area contributed by atoms with Crippen molar-refractivity contribution in [3.8, 4) is 0 Å². The summed E-state index contributed by atoms with van der Waals surface area (Å²) in [5.41, 5.74) is -0.0245. The van der Waals surface area contributed by atoms with Gasteiger partial charge < -0.3 is 0 Å². The lowest BCUT2D eigenvalue weighted by Crippen LogP contribution is -2.31. The largest absolute Gasteiger partial charge is 0.246 e. The topological polar surface area (TPSA) is 29.1 Å². The third-order valence-electron chi connectivity index (χ3n) is 0.381. The molecule has 2 nitrogen and oxygen atoms in total. The summed E-state index contributed by atoms with van der Waals surface area (Å²) in [5, 5.41) is 0. The van der Waals surface area contributed by atoms with E-state index in [1.807, 2.05) is 20.8 Å². The van der Waals surface area contributed by atoms with Gasteiger partial charge in [0, 0.05) is 5.54 Å². The van der Waals surface area contributed by atoms with Gasteiger partial charge in [0.15, 0.2) is 0 Å². The van der Waals surface area contributed by atoms with Crippen molar-refractivity contribution in [2.45, 2.75) is 26.3 Å². The Morgan fingerprint density at radius 3 is 1.86 bits per heavy atom. The molecule has 0 atom stereocenters. The van der Waals surface area contributed by atoms with Crippen molar-refractivity contribution >= 4 is 11.9 Å². The fourth-order valence-electron chi connectivity index (χ4n) is 0.137. The second-order valence-electron chi connectivity index (χ2n) is 2.45. The first-order valence-corrected chi connectivity index (χ1v) is 2.97. The molecule has 0 aliphatic heterocycles. The van der Waals surface area contributed by atoms with Crippen LogP contribution in [0.15, 0.2) is 0 Å². The van der Waals surface area contributed by atoms with Crippen molar-refractivity contribution in [1.82, 2.24) is 4.72 Å². The molecule has 0 saturated heterocycles. The minimum absolute atomic E-state index is 0.00887. The van der Waals surface area contributed by atoms with Crippen LogP contribution < -0.4 is 4.72 Å². The van der Waals surface area contributed by atoms with E-state index in [1.54, 1.807) is 0 Å². The zero-order valence-electron chi connectivity index (χ0n) is 4.86. The van der Waals surface area contributed by atoms with E-state index in [4.69, 9.17) is 0 Å². The molecule has 0 spiro atoms. The van der Waals surface area contributed by atoms with E-state index in [9.17, 15) is 4.21 Å². The molecule has 7 heavy (non-hydrogen) atoms. The maximum atomic E-state index is 9.81. The average Bonchev–Trinajstić information content (AvgIpc) is 1.30. The molecule has 0 aliphatic carbocycles. The standard InChI is InChI=1S/C4H11NOS/c1-4(2,3)5-7-6/h7H,1-3H3,(H,5,6). The van der Waals surface area contributed by atoms with E-state index < -0.39 is 0 Å². The van der Waals surface area contributed by atoms with Gasteiger partial charge in [-0.05, 0) is 20.8 Å². The van der Waals surface area contributed by atoms with Gasteiger partial charge in [0.05, 0.1) is 11.9 Å². The van der Waals surface area contributed by atoms with E-state index in [2.05, 4.69) is 4.72 Å². The van der Waals surface area contributed by atoms with Gasteiger partial charge in [-0.1, -0.05) is 0 Å². The van der Waals surface area contributed by atoms with E-state index in [1.165, 1.54) is 0 Å². The number of hydrogen-bond acceptors (Lipinski definition) is 1. The fourth-order valence-corrected chi connectivity index (χ4v) is 0.411. The SMILES string of the molecule is CC(C)(C)N[SH]=O. The molecule has 0 aliphatic rings. The Morgan fingerprint density at radius 1 is 1.43 bits per heavy atom. The summed E-state index contributed by atoms with van der Waals surface area (Å²) in [7, 11) is 0. The molecule has 0 rings (SSSR count). The van der Waals surface area contributed by atoms with Crippen molar-refractivity contribution in [1.29, 1.82) is 0 Å². The molecule has 0 radical (unpaired) electrons. The average molecular weight is 121 g/mol. The lowest BCUT2D eigenvalue weighted by atomic mass is 10.1. The quantitative estimate of drug-likeness (QED) is 0.478. The van der Waals surface area contributed by atoms with Crippen LogP contribution >= 0.6 is 0 Å². The Hall–Kier alpha value is 0.110. The van der Waals surface area contributed by atoms with Gasteiger partial charge in [0.2, 0.25) is 0 Å². The van der Waals surface area contributed by atoms with Crippen molar-refractivity contribution in [3.63, 3.8) is 0 Å². The molecule has 0 amide bonds. The molecule has 44 valence electrons. The number of hydrogen-bond donors (Lipinski definition) is 2. The van der Waals surface area contributed by atoms with Gasteiger partial charge in [0.1, 0.15) is 0 Å². The molecule has 0 unspecified atom stereocenters. The number of nitrogens with one attached hydrogen (secondary N) is 1. The highest BCUT2D eigenvalue weighted by Crippen LogP contribution is 1.95. The molecule has 3 heteroatoms. The van der Waals surface area contributed by atoms with Gasteiger partial charge >= 0.3 is 0 Å². The van der Waals surface area contributed by atoms with Crippen LogP contribution in [0.3, 0.4) is 0 Å². The highest BCUT2D eigenvalue weighted by atomic mass is 32.2. The Morgan fingerprint density at radius 2 is 1.86 bits per heavy atom. The second-order valence-corrected chi connectivity index (χ2v) is 2.86. The number of thiol groups is 1. The van der Waals surface area contributed by atoms with E-state index in [0.717, 1.165) is 0 Å². The van der Waals surface area contributed by atoms with Crippen LogP contribution in [-0.2, 0) is 11.9 Å². The molecular formula is C4H11NOS. The van der Waals surface area contributed by atoms with Crippen LogP contribution in [-0.4, -0.2) is 9.75 Å². The fraction of sp³-hybridized carbons (Fsp3) is 1.00. The Kier molecular flexibility index (Phi) is 2.46. The van der Waals surface area contributed by atoms with Crippen LogP contribution in [0.25, 0.3) is 0 Å². The lowest BCUT2D eigenvalue weighted by molar-refractivity contribution is 0.525. The maximum Gasteiger partial charge on any atom is 0.0785 e. The van der Waals surface area contributed by atoms with Gasteiger partial charge in [-0.15, -0.1) is 0 Å². The summed E-state index contributed by atoms with van der Waals surface area (Å²) in [4.78, 5) is 0. The zero-order valence-corrected chi connectivity index (χ0v) is 5.75. The molecule has 0 aromatic rings. The summed E-state index contributed by atoms with van der Waals surface area (Å²) < 4.78 is 12.5. The Labute approximate surface area is 47.9 Å². The Balaban J connectivity index is 3.34. The molecule has 0 bridgehead atoms. The molecule has 0 heterocycles. The summed E-state index contributed by atoms with van der Waals surface area (Å²) in [6.45, 7) is 5.87. The first kappa shape index (κ1) is 7.11. The predicted molar refractivity (Wildman–Crippen MR) is 32.4 cm³/mol. The minimum atomic E-state index is -0.0245. The third-order valence-corrected chi connectivity index (χ3v) is 1.14. The van der Waals surface area contributed by atoms with Crippen LogP contribution in [0, 0.1) is 0 Å². The molecular weight excluding hydrogens is 110 g/mol. The van der Waals surface area contributed by atoms with Gasteiger partial charge in [-0.2, -0.15) is 0 Å². The molecule has 0 saturated carbocycles. The van der Waals surface area contributed by atoms with Gasteiger partial charge in [-0.3, -0.25) is 0 Å². The molecule has 0 aromatic carbocycles. The summed E-state index contributed by atoms with van der Waals surface area (Å²) in [6, 6.07) is 0. The lowest BCUT2D eigenvalue weighted by Gasteiger charge is -2.13. The highest BCUT2D eigenvalue weighted by molar-refractivity contribution is 7.63. The predicted octanol–water partition coefficient (Wildman–Crippen LogP) is 0.235. The first-order chi connectivity index (χ1) is 3.06. The van der Waals surface area contributed by atoms with Crippen molar-refractivity contribution in [2.75, 3.05) is 0 Å². The first-order valence-electron chi connectivity index (χ1n) is 2.16. The van der Waals surface area contributed by atoms with Gasteiger partial charge in [0.25, 0.3) is 0 Å². The second kappa shape index (κ2) is 2.43. The highest BCUT2D eigenvalue weighted by Gasteiger charge is 2.05. The summed E-state index contributed by atoms with van der Waals surface area (Å²) in [5.74, 6) is 0. The monoisotopic (exact) mass is 121 g/mol. The number of rotatable bonds is 1. The zero-order chi connectivity index (χ0) is 5.91. The third kappa shape index (κ3) is 6.11. The summed E-state index contributed by atoms with van der Waals surface area (Å²) in [6.07, 6.45) is 0. The Bertz CT molecular complexity index is 66.6. The van der Waals surface area contributed by atoms with Crippen molar-refractivity contribution < 1.29 is 4.21 Å². The van der Waals surface area contributed by atoms with E-state index in [0.29, 0.717) is 0 Å². The molecule has 1 N–H and O–H groups in total.